The zero-order valence-corrected chi connectivity index (χ0v) is 13.1. The average molecular weight is 330 g/mol. The number of benzene rings is 2. The molecule has 0 spiro atoms. The Morgan fingerprint density at radius 2 is 2.04 bits per heavy atom. The lowest BCUT2D eigenvalue weighted by Gasteiger charge is -2.08. The highest BCUT2D eigenvalue weighted by atomic mass is 16.1. The molecule has 0 saturated heterocycles. The Morgan fingerprint density at radius 1 is 1.12 bits per heavy atom. The second-order valence-electron chi connectivity index (χ2n) is 5.39. The van der Waals surface area contributed by atoms with Crippen LogP contribution in [0, 0.1) is 0 Å². The molecule has 0 fully saturated rings. The van der Waals surface area contributed by atoms with Crippen LogP contribution in [-0.4, -0.2) is 30.6 Å². The Kier molecular flexibility index (Phi) is 3.80. The fraction of sp³-hybridized carbons (Fsp3) is 0. The van der Waals surface area contributed by atoms with Crippen molar-refractivity contribution in [3.63, 3.8) is 0 Å². The number of H-pyrrole nitrogens is 1. The number of aromatic amines is 1. The number of carbonyl (C=O) groups excluding carboxylic acids is 1. The maximum absolute atomic E-state index is 12.6. The summed E-state index contributed by atoms with van der Waals surface area (Å²) in [5, 5.41) is 9.54. The first kappa shape index (κ1) is 14.8. The van der Waals surface area contributed by atoms with E-state index in [2.05, 4.69) is 25.5 Å². The number of hydrogen-bond acceptors (Lipinski definition) is 4. The van der Waals surface area contributed by atoms with Gasteiger partial charge < -0.3 is 9.88 Å². The van der Waals surface area contributed by atoms with Gasteiger partial charge in [0, 0.05) is 34.9 Å². The van der Waals surface area contributed by atoms with E-state index in [4.69, 9.17) is 0 Å². The Hall–Kier alpha value is -3.74. The molecule has 2 heterocycles. The van der Waals surface area contributed by atoms with Crippen molar-refractivity contribution in [2.45, 2.75) is 0 Å². The molecule has 2 aromatic carbocycles. The van der Waals surface area contributed by atoms with Crippen molar-refractivity contribution in [2.24, 2.45) is 0 Å². The second kappa shape index (κ2) is 6.40. The number of imidazole rings is 1. The first-order valence-electron chi connectivity index (χ1n) is 7.65. The van der Waals surface area contributed by atoms with Gasteiger partial charge in [-0.05, 0) is 30.3 Å². The van der Waals surface area contributed by atoms with Crippen molar-refractivity contribution in [1.82, 2.24) is 24.7 Å². The summed E-state index contributed by atoms with van der Waals surface area (Å²) in [5.74, 6) is 0.431. The number of nitrogens with one attached hydrogen (secondary N) is 2. The predicted molar refractivity (Wildman–Crippen MR) is 93.3 cm³/mol. The molecule has 25 heavy (non-hydrogen) atoms. The fourth-order valence-corrected chi connectivity index (χ4v) is 2.51. The zero-order valence-electron chi connectivity index (χ0n) is 13.1. The van der Waals surface area contributed by atoms with Crippen LogP contribution < -0.4 is 5.32 Å². The lowest BCUT2D eigenvalue weighted by molar-refractivity contribution is 0.102. The summed E-state index contributed by atoms with van der Waals surface area (Å²) in [4.78, 5) is 20.7. The standard InChI is InChI=1S/C18H14N6O/c25-18(14-4-1-3-13(9-14)17-20-11-21-23-17)22-15-5-2-6-16(10-15)24-8-7-19-12-24/h1-12H,(H,22,25)(H,20,21,23). The van der Waals surface area contributed by atoms with Gasteiger partial charge in [-0.1, -0.05) is 18.2 Å². The van der Waals surface area contributed by atoms with E-state index in [1.54, 1.807) is 24.7 Å². The van der Waals surface area contributed by atoms with Crippen LogP contribution in [0.3, 0.4) is 0 Å². The third-order valence-electron chi connectivity index (χ3n) is 3.72. The summed E-state index contributed by atoms with van der Waals surface area (Å²) in [5.41, 5.74) is 2.98. The fourth-order valence-electron chi connectivity index (χ4n) is 2.51. The Morgan fingerprint density at radius 3 is 2.84 bits per heavy atom. The van der Waals surface area contributed by atoms with Gasteiger partial charge in [0.25, 0.3) is 5.91 Å². The summed E-state index contributed by atoms with van der Waals surface area (Å²) in [6, 6.07) is 14.8. The van der Waals surface area contributed by atoms with Gasteiger partial charge in [-0.3, -0.25) is 9.89 Å². The molecule has 0 aliphatic carbocycles. The minimum atomic E-state index is -0.191. The van der Waals surface area contributed by atoms with Crippen molar-refractivity contribution in [3.05, 3.63) is 79.1 Å². The molecule has 1 amide bonds. The monoisotopic (exact) mass is 330 g/mol. The van der Waals surface area contributed by atoms with E-state index in [0.717, 1.165) is 11.3 Å². The van der Waals surface area contributed by atoms with Crippen molar-refractivity contribution < 1.29 is 4.79 Å². The lowest BCUT2D eigenvalue weighted by atomic mass is 10.1. The largest absolute Gasteiger partial charge is 0.322 e. The molecule has 0 aliphatic heterocycles. The predicted octanol–water partition coefficient (Wildman–Crippen LogP) is 2.91. The molecule has 7 heteroatoms. The van der Waals surface area contributed by atoms with Gasteiger partial charge in [0.15, 0.2) is 5.82 Å². The van der Waals surface area contributed by atoms with Gasteiger partial charge in [-0.2, -0.15) is 5.10 Å². The third kappa shape index (κ3) is 3.16. The summed E-state index contributed by atoms with van der Waals surface area (Å²) in [7, 11) is 0. The molecular formula is C18H14N6O. The highest BCUT2D eigenvalue weighted by Gasteiger charge is 2.09. The van der Waals surface area contributed by atoms with Crippen molar-refractivity contribution >= 4 is 11.6 Å². The van der Waals surface area contributed by atoms with Gasteiger partial charge in [0.05, 0.1) is 6.33 Å². The van der Waals surface area contributed by atoms with E-state index in [-0.39, 0.29) is 5.91 Å². The van der Waals surface area contributed by atoms with Crippen LogP contribution in [0.25, 0.3) is 17.1 Å². The van der Waals surface area contributed by atoms with Crippen LogP contribution in [0.2, 0.25) is 0 Å². The van der Waals surface area contributed by atoms with Crippen LogP contribution in [0.5, 0.6) is 0 Å². The number of nitrogens with zero attached hydrogens (tertiary/aromatic N) is 4. The number of aromatic nitrogens is 5. The molecule has 0 aliphatic rings. The molecule has 0 bridgehead atoms. The Bertz CT molecular complexity index is 992. The Labute approximate surface area is 143 Å². The summed E-state index contributed by atoms with van der Waals surface area (Å²) >= 11 is 0. The molecule has 2 aromatic heterocycles. The molecule has 0 saturated carbocycles. The third-order valence-corrected chi connectivity index (χ3v) is 3.72. The van der Waals surface area contributed by atoms with E-state index >= 15 is 0 Å². The van der Waals surface area contributed by atoms with Crippen LogP contribution >= 0.6 is 0 Å². The summed E-state index contributed by atoms with van der Waals surface area (Å²) in [6.45, 7) is 0. The number of hydrogen-bond donors (Lipinski definition) is 2. The second-order valence-corrected chi connectivity index (χ2v) is 5.39. The molecule has 4 rings (SSSR count). The molecule has 0 radical (unpaired) electrons. The van der Waals surface area contributed by atoms with Crippen molar-refractivity contribution in [2.75, 3.05) is 5.32 Å². The Balaban J connectivity index is 1.57. The first-order chi connectivity index (χ1) is 12.3. The number of anilines is 1. The van der Waals surface area contributed by atoms with Crippen LogP contribution in [-0.2, 0) is 0 Å². The minimum Gasteiger partial charge on any atom is -0.322 e. The van der Waals surface area contributed by atoms with E-state index in [0.29, 0.717) is 17.1 Å². The molecule has 2 N–H and O–H groups in total. The molecule has 0 unspecified atom stereocenters. The van der Waals surface area contributed by atoms with E-state index < -0.39 is 0 Å². The van der Waals surface area contributed by atoms with Crippen molar-refractivity contribution in [3.8, 4) is 17.1 Å². The van der Waals surface area contributed by atoms with E-state index in [1.165, 1.54) is 6.33 Å². The molecular weight excluding hydrogens is 316 g/mol. The molecule has 0 atom stereocenters. The summed E-state index contributed by atoms with van der Waals surface area (Å²) < 4.78 is 1.88. The summed E-state index contributed by atoms with van der Waals surface area (Å²) in [6.07, 6.45) is 6.70. The molecule has 7 nitrogen and oxygen atoms in total. The SMILES string of the molecule is O=C(Nc1cccc(-n2ccnc2)c1)c1cccc(-c2ncn[nH]2)c1. The first-order valence-corrected chi connectivity index (χ1v) is 7.65. The molecule has 4 aromatic rings. The van der Waals surface area contributed by atoms with Gasteiger partial charge in [0.2, 0.25) is 0 Å². The van der Waals surface area contributed by atoms with Crippen LogP contribution in [0.4, 0.5) is 5.69 Å². The highest BCUT2D eigenvalue weighted by Crippen LogP contribution is 2.18. The number of rotatable bonds is 4. The van der Waals surface area contributed by atoms with E-state index in [9.17, 15) is 4.79 Å². The van der Waals surface area contributed by atoms with Gasteiger partial charge in [-0.15, -0.1) is 0 Å². The zero-order chi connectivity index (χ0) is 17.1. The minimum absolute atomic E-state index is 0.191. The highest BCUT2D eigenvalue weighted by molar-refractivity contribution is 6.05. The van der Waals surface area contributed by atoms with Gasteiger partial charge in [-0.25, -0.2) is 9.97 Å². The quantitative estimate of drug-likeness (QED) is 0.602. The van der Waals surface area contributed by atoms with Gasteiger partial charge in [0.1, 0.15) is 6.33 Å². The topological polar surface area (TPSA) is 88.5 Å². The maximum atomic E-state index is 12.6. The van der Waals surface area contributed by atoms with Crippen molar-refractivity contribution in [1.29, 1.82) is 0 Å². The van der Waals surface area contributed by atoms with E-state index in [1.807, 2.05) is 47.2 Å². The normalized spacial score (nSPS) is 10.6. The maximum Gasteiger partial charge on any atom is 0.255 e. The average Bonchev–Trinajstić information content (AvgIpc) is 3.36. The smallest absolute Gasteiger partial charge is 0.255 e. The molecule has 122 valence electrons. The number of carbonyl (C=O) groups is 1. The lowest BCUT2D eigenvalue weighted by Crippen LogP contribution is -2.12. The van der Waals surface area contributed by atoms with Crippen LogP contribution in [0.15, 0.2) is 73.6 Å². The van der Waals surface area contributed by atoms with Gasteiger partial charge >= 0.3 is 0 Å². The van der Waals surface area contributed by atoms with Crippen LogP contribution in [0.1, 0.15) is 10.4 Å². The number of amides is 1.